The molecule has 3 rings (SSSR count). The highest BCUT2D eigenvalue weighted by Crippen LogP contribution is 2.48. The SMILES string of the molecule is O=CCc1ccc2c(c1)OC1CCCCC21O. The molecule has 2 unspecified atom stereocenters. The van der Waals surface area contributed by atoms with Gasteiger partial charge in [0.15, 0.2) is 0 Å². The van der Waals surface area contributed by atoms with Crippen molar-refractivity contribution in [2.75, 3.05) is 0 Å². The van der Waals surface area contributed by atoms with E-state index >= 15 is 0 Å². The minimum atomic E-state index is -0.798. The number of benzene rings is 1. The first-order valence-electron chi connectivity index (χ1n) is 6.20. The van der Waals surface area contributed by atoms with Crippen LogP contribution in [0.5, 0.6) is 5.75 Å². The predicted molar refractivity (Wildman–Crippen MR) is 63.0 cm³/mol. The molecule has 0 bridgehead atoms. The second kappa shape index (κ2) is 3.84. The molecule has 0 amide bonds. The molecular weight excluding hydrogens is 216 g/mol. The monoisotopic (exact) mass is 232 g/mol. The Kier molecular flexibility index (Phi) is 2.44. The average molecular weight is 232 g/mol. The molecule has 90 valence electrons. The number of fused-ring (bicyclic) bond motifs is 3. The van der Waals surface area contributed by atoms with Gasteiger partial charge in [-0.05, 0) is 37.3 Å². The molecule has 1 fully saturated rings. The summed E-state index contributed by atoms with van der Waals surface area (Å²) in [7, 11) is 0. The summed E-state index contributed by atoms with van der Waals surface area (Å²) in [6, 6.07) is 5.71. The van der Waals surface area contributed by atoms with E-state index in [1.165, 1.54) is 0 Å². The second-order valence-electron chi connectivity index (χ2n) is 4.98. The summed E-state index contributed by atoms with van der Waals surface area (Å²) in [5, 5.41) is 10.7. The average Bonchev–Trinajstić information content (AvgIpc) is 2.61. The van der Waals surface area contributed by atoms with Crippen molar-refractivity contribution < 1.29 is 14.6 Å². The highest BCUT2D eigenvalue weighted by Gasteiger charge is 2.48. The minimum Gasteiger partial charge on any atom is -0.487 e. The standard InChI is InChI=1S/C14H16O3/c15-8-6-10-4-5-11-12(9-10)17-13-3-1-2-7-14(11,13)16/h4-5,8-9,13,16H,1-3,6-7H2. The molecule has 1 heterocycles. The van der Waals surface area contributed by atoms with Crippen LogP contribution < -0.4 is 4.74 Å². The Labute approximate surface area is 100 Å². The molecule has 0 radical (unpaired) electrons. The molecule has 1 N–H and O–H groups in total. The lowest BCUT2D eigenvalue weighted by Gasteiger charge is -2.33. The molecule has 3 heteroatoms. The predicted octanol–water partition coefficient (Wildman–Crippen LogP) is 1.95. The maximum Gasteiger partial charge on any atom is 0.132 e. The molecule has 0 aromatic heterocycles. The zero-order valence-corrected chi connectivity index (χ0v) is 9.69. The molecule has 2 atom stereocenters. The van der Waals surface area contributed by atoms with Crippen LogP contribution in [-0.2, 0) is 16.8 Å². The molecule has 2 aliphatic rings. The Hall–Kier alpha value is -1.35. The highest BCUT2D eigenvalue weighted by atomic mass is 16.5. The summed E-state index contributed by atoms with van der Waals surface area (Å²) in [6.07, 6.45) is 5.04. The molecule has 17 heavy (non-hydrogen) atoms. The van der Waals surface area contributed by atoms with Gasteiger partial charge >= 0.3 is 0 Å². The molecule has 1 aromatic carbocycles. The van der Waals surface area contributed by atoms with Crippen molar-refractivity contribution in [3.8, 4) is 5.75 Å². The van der Waals surface area contributed by atoms with Crippen LogP contribution in [0, 0.1) is 0 Å². The third-order valence-corrected chi connectivity index (χ3v) is 3.91. The molecule has 0 saturated heterocycles. The first kappa shape index (κ1) is 10.8. The van der Waals surface area contributed by atoms with Crippen LogP contribution in [-0.4, -0.2) is 17.5 Å². The van der Waals surface area contributed by atoms with Gasteiger partial charge in [0.2, 0.25) is 0 Å². The third-order valence-electron chi connectivity index (χ3n) is 3.91. The molecule has 1 saturated carbocycles. The van der Waals surface area contributed by atoms with E-state index in [-0.39, 0.29) is 6.10 Å². The number of carbonyl (C=O) groups is 1. The fraction of sp³-hybridized carbons (Fsp3) is 0.500. The van der Waals surface area contributed by atoms with Crippen LogP contribution in [0.3, 0.4) is 0 Å². The smallest absolute Gasteiger partial charge is 0.132 e. The van der Waals surface area contributed by atoms with E-state index in [2.05, 4.69) is 0 Å². The maximum atomic E-state index is 10.7. The van der Waals surface area contributed by atoms with Gasteiger partial charge in [0, 0.05) is 12.0 Å². The zero-order chi connectivity index (χ0) is 11.9. The molecule has 1 aromatic rings. The summed E-state index contributed by atoms with van der Waals surface area (Å²) in [5.74, 6) is 0.763. The summed E-state index contributed by atoms with van der Waals surface area (Å²) < 4.78 is 5.83. The minimum absolute atomic E-state index is 0.0993. The number of aliphatic hydroxyl groups is 1. The lowest BCUT2D eigenvalue weighted by molar-refractivity contribution is -0.107. The Balaban J connectivity index is 2.00. The van der Waals surface area contributed by atoms with Crippen molar-refractivity contribution in [1.29, 1.82) is 0 Å². The first-order chi connectivity index (χ1) is 8.24. The van der Waals surface area contributed by atoms with Gasteiger partial charge in [-0.3, -0.25) is 0 Å². The van der Waals surface area contributed by atoms with Crippen LogP contribution in [0.15, 0.2) is 18.2 Å². The van der Waals surface area contributed by atoms with E-state index < -0.39 is 5.60 Å². The Bertz CT molecular complexity index is 455. The highest BCUT2D eigenvalue weighted by molar-refractivity contribution is 5.57. The van der Waals surface area contributed by atoms with Crippen molar-refractivity contribution in [1.82, 2.24) is 0 Å². The van der Waals surface area contributed by atoms with Gasteiger partial charge < -0.3 is 14.6 Å². The summed E-state index contributed by atoms with van der Waals surface area (Å²) >= 11 is 0. The maximum absolute atomic E-state index is 10.7. The van der Waals surface area contributed by atoms with Gasteiger partial charge in [0.25, 0.3) is 0 Å². The van der Waals surface area contributed by atoms with Gasteiger partial charge in [-0.2, -0.15) is 0 Å². The largest absolute Gasteiger partial charge is 0.487 e. The number of aldehydes is 1. The van der Waals surface area contributed by atoms with Crippen LogP contribution in [0.4, 0.5) is 0 Å². The first-order valence-corrected chi connectivity index (χ1v) is 6.20. The Morgan fingerprint density at radius 1 is 1.47 bits per heavy atom. The Morgan fingerprint density at radius 2 is 2.35 bits per heavy atom. The van der Waals surface area contributed by atoms with Gasteiger partial charge in [-0.1, -0.05) is 12.1 Å². The van der Waals surface area contributed by atoms with E-state index in [0.29, 0.717) is 6.42 Å². The van der Waals surface area contributed by atoms with Crippen molar-refractivity contribution >= 4 is 6.29 Å². The van der Waals surface area contributed by atoms with Gasteiger partial charge in [-0.25, -0.2) is 0 Å². The number of rotatable bonds is 2. The lowest BCUT2D eigenvalue weighted by atomic mass is 9.79. The van der Waals surface area contributed by atoms with Crippen LogP contribution >= 0.6 is 0 Å². The topological polar surface area (TPSA) is 46.5 Å². The molecule has 3 nitrogen and oxygen atoms in total. The Morgan fingerprint density at radius 3 is 3.18 bits per heavy atom. The van der Waals surface area contributed by atoms with Crippen molar-refractivity contribution in [3.05, 3.63) is 29.3 Å². The molecule has 0 spiro atoms. The van der Waals surface area contributed by atoms with E-state index in [1.54, 1.807) is 0 Å². The molecular formula is C14H16O3. The van der Waals surface area contributed by atoms with Crippen LogP contribution in [0.25, 0.3) is 0 Å². The fourth-order valence-electron chi connectivity index (χ4n) is 2.99. The summed E-state index contributed by atoms with van der Waals surface area (Å²) in [5.41, 5.74) is 1.05. The normalized spacial score (nSPS) is 30.3. The van der Waals surface area contributed by atoms with Gasteiger partial charge in [-0.15, -0.1) is 0 Å². The number of ether oxygens (including phenoxy) is 1. The fourth-order valence-corrected chi connectivity index (χ4v) is 2.99. The zero-order valence-electron chi connectivity index (χ0n) is 9.69. The quantitative estimate of drug-likeness (QED) is 0.793. The van der Waals surface area contributed by atoms with Crippen LogP contribution in [0.1, 0.15) is 36.8 Å². The van der Waals surface area contributed by atoms with Crippen molar-refractivity contribution in [3.63, 3.8) is 0 Å². The summed E-state index contributed by atoms with van der Waals surface area (Å²) in [4.78, 5) is 10.5. The number of hydrogen-bond acceptors (Lipinski definition) is 3. The van der Waals surface area contributed by atoms with Gasteiger partial charge in [0.05, 0.1) is 0 Å². The summed E-state index contributed by atoms with van der Waals surface area (Å²) in [6.45, 7) is 0. The van der Waals surface area contributed by atoms with Gasteiger partial charge in [0.1, 0.15) is 23.7 Å². The molecule has 1 aliphatic carbocycles. The van der Waals surface area contributed by atoms with E-state index in [4.69, 9.17) is 4.74 Å². The van der Waals surface area contributed by atoms with E-state index in [9.17, 15) is 9.90 Å². The van der Waals surface area contributed by atoms with E-state index in [0.717, 1.165) is 48.8 Å². The number of carbonyl (C=O) groups excluding carboxylic acids is 1. The van der Waals surface area contributed by atoms with Crippen LogP contribution in [0.2, 0.25) is 0 Å². The number of hydrogen-bond donors (Lipinski definition) is 1. The molecule has 1 aliphatic heterocycles. The van der Waals surface area contributed by atoms with E-state index in [1.807, 2.05) is 18.2 Å². The lowest BCUT2D eigenvalue weighted by Crippen LogP contribution is -2.40. The second-order valence-corrected chi connectivity index (χ2v) is 4.98. The third kappa shape index (κ3) is 1.57. The van der Waals surface area contributed by atoms with Crippen molar-refractivity contribution in [2.24, 2.45) is 0 Å². The van der Waals surface area contributed by atoms with Crippen molar-refractivity contribution in [2.45, 2.75) is 43.8 Å².